The lowest BCUT2D eigenvalue weighted by atomic mass is 9.91. The van der Waals surface area contributed by atoms with Gasteiger partial charge in [0.15, 0.2) is 0 Å². The Morgan fingerprint density at radius 3 is 2.81 bits per heavy atom. The van der Waals surface area contributed by atoms with Crippen molar-refractivity contribution in [2.24, 2.45) is 0 Å². The molecule has 0 saturated carbocycles. The van der Waals surface area contributed by atoms with Gasteiger partial charge in [0.05, 0.1) is 18.8 Å². The Balaban J connectivity index is 1.72. The number of nitrogens with one attached hydrogen (secondary N) is 1. The van der Waals surface area contributed by atoms with Crippen molar-refractivity contribution < 1.29 is 19.4 Å². The van der Waals surface area contributed by atoms with Crippen LogP contribution < -0.4 is 10.5 Å². The number of aromatic amines is 1. The van der Waals surface area contributed by atoms with E-state index in [4.69, 9.17) is 15.2 Å². The third-order valence-corrected chi connectivity index (χ3v) is 6.45. The van der Waals surface area contributed by atoms with Gasteiger partial charge in [-0.15, -0.1) is 0 Å². The molecule has 2 heterocycles. The molecule has 2 aromatic carbocycles. The number of fused-ring (bicyclic) bond motifs is 1. The molecule has 170 valence electrons. The van der Waals surface area contributed by atoms with Crippen LogP contribution in [0, 0.1) is 6.92 Å². The minimum absolute atomic E-state index is 0.0606. The number of carbonyl (C=O) groups is 1. The number of nitrogen functional groups attached to an aromatic ring is 1. The van der Waals surface area contributed by atoms with Crippen LogP contribution in [0.15, 0.2) is 36.5 Å². The van der Waals surface area contributed by atoms with E-state index < -0.39 is 5.97 Å². The van der Waals surface area contributed by atoms with Gasteiger partial charge >= 0.3 is 5.97 Å². The molecule has 0 spiro atoms. The minimum atomic E-state index is -1.01. The summed E-state index contributed by atoms with van der Waals surface area (Å²) >= 11 is 0. The van der Waals surface area contributed by atoms with Crippen molar-refractivity contribution in [3.05, 3.63) is 58.8 Å². The number of piperidine rings is 1. The molecule has 32 heavy (non-hydrogen) atoms. The molecule has 0 bridgehead atoms. The van der Waals surface area contributed by atoms with Crippen molar-refractivity contribution in [1.29, 1.82) is 0 Å². The predicted molar refractivity (Wildman–Crippen MR) is 125 cm³/mol. The van der Waals surface area contributed by atoms with Crippen LogP contribution in [0.2, 0.25) is 0 Å². The second kappa shape index (κ2) is 9.22. The van der Waals surface area contributed by atoms with E-state index in [1.54, 1.807) is 19.2 Å². The van der Waals surface area contributed by atoms with Gasteiger partial charge in [-0.2, -0.15) is 0 Å². The predicted octanol–water partition coefficient (Wildman–Crippen LogP) is 4.51. The fourth-order valence-corrected chi connectivity index (χ4v) is 4.87. The monoisotopic (exact) mass is 437 g/mol. The van der Waals surface area contributed by atoms with E-state index in [1.165, 1.54) is 0 Å². The highest BCUT2D eigenvalue weighted by atomic mass is 16.5. The van der Waals surface area contributed by atoms with E-state index in [-0.39, 0.29) is 23.4 Å². The first-order valence-corrected chi connectivity index (χ1v) is 11.0. The van der Waals surface area contributed by atoms with E-state index >= 15 is 0 Å². The summed E-state index contributed by atoms with van der Waals surface area (Å²) in [5, 5.41) is 10.5. The van der Waals surface area contributed by atoms with Gasteiger partial charge < -0.3 is 25.3 Å². The number of ether oxygens (including phenoxy) is 2. The normalized spacial score (nSPS) is 19.3. The Bertz CT molecular complexity index is 1120. The minimum Gasteiger partial charge on any atom is -0.496 e. The van der Waals surface area contributed by atoms with Crippen molar-refractivity contribution in [3.8, 4) is 5.75 Å². The van der Waals surface area contributed by atoms with Crippen LogP contribution in [-0.2, 0) is 11.3 Å². The number of anilines is 1. The molecule has 0 amide bonds. The van der Waals surface area contributed by atoms with Crippen LogP contribution in [0.1, 0.15) is 52.9 Å². The fraction of sp³-hybridized carbons (Fsp3) is 0.400. The number of aryl methyl sites for hydroxylation is 1. The van der Waals surface area contributed by atoms with Crippen LogP contribution >= 0.6 is 0 Å². The SMILES string of the molecule is CCOC1CCN(Cc2c(OC)cc(C)c3[nH]ccc23)C(c2ccc(C(=O)O)c(N)c2)C1. The molecule has 7 heteroatoms. The summed E-state index contributed by atoms with van der Waals surface area (Å²) in [7, 11) is 1.71. The number of likely N-dealkylation sites (tertiary alicyclic amines) is 1. The van der Waals surface area contributed by atoms with Crippen LogP contribution in [0.3, 0.4) is 0 Å². The molecule has 1 aliphatic heterocycles. The van der Waals surface area contributed by atoms with Gasteiger partial charge in [-0.25, -0.2) is 4.79 Å². The summed E-state index contributed by atoms with van der Waals surface area (Å²) in [4.78, 5) is 17.2. The number of H-pyrrole nitrogens is 1. The third kappa shape index (κ3) is 4.18. The summed E-state index contributed by atoms with van der Waals surface area (Å²) in [6, 6.07) is 9.52. The molecule has 1 saturated heterocycles. The van der Waals surface area contributed by atoms with Crippen LogP contribution in [0.5, 0.6) is 5.75 Å². The van der Waals surface area contributed by atoms with E-state index in [0.717, 1.165) is 52.7 Å². The summed E-state index contributed by atoms with van der Waals surface area (Å²) in [5.74, 6) is -0.137. The van der Waals surface area contributed by atoms with Crippen molar-refractivity contribution in [3.63, 3.8) is 0 Å². The maximum atomic E-state index is 11.4. The number of aromatic nitrogens is 1. The van der Waals surface area contributed by atoms with Crippen molar-refractivity contribution >= 4 is 22.6 Å². The summed E-state index contributed by atoms with van der Waals surface area (Å²) in [6.07, 6.45) is 3.89. The molecule has 7 nitrogen and oxygen atoms in total. The average molecular weight is 438 g/mol. The Morgan fingerprint density at radius 2 is 2.12 bits per heavy atom. The molecule has 2 unspecified atom stereocenters. The summed E-state index contributed by atoms with van der Waals surface area (Å²) in [6.45, 7) is 6.34. The Morgan fingerprint density at radius 1 is 1.31 bits per heavy atom. The lowest BCUT2D eigenvalue weighted by Gasteiger charge is -2.40. The molecule has 1 aliphatic rings. The molecule has 2 atom stereocenters. The zero-order valence-electron chi connectivity index (χ0n) is 18.9. The number of hydrogen-bond acceptors (Lipinski definition) is 5. The van der Waals surface area contributed by atoms with Gasteiger partial charge in [0, 0.05) is 54.1 Å². The van der Waals surface area contributed by atoms with Gasteiger partial charge in [0.1, 0.15) is 5.75 Å². The number of methoxy groups -OCH3 is 1. The molecular weight excluding hydrogens is 406 g/mol. The highest BCUT2D eigenvalue weighted by Crippen LogP contribution is 2.38. The van der Waals surface area contributed by atoms with Gasteiger partial charge in [-0.05, 0) is 62.1 Å². The third-order valence-electron chi connectivity index (χ3n) is 6.45. The van der Waals surface area contributed by atoms with Gasteiger partial charge in [0.25, 0.3) is 0 Å². The van der Waals surface area contributed by atoms with Crippen molar-refractivity contribution in [2.45, 2.75) is 45.4 Å². The number of carboxylic acid groups (broad SMARTS) is 1. The maximum Gasteiger partial charge on any atom is 0.337 e. The number of carboxylic acids is 1. The van der Waals surface area contributed by atoms with E-state index in [9.17, 15) is 9.90 Å². The number of rotatable bonds is 7. The molecule has 1 fully saturated rings. The van der Waals surface area contributed by atoms with E-state index in [1.807, 2.05) is 19.2 Å². The Hall–Kier alpha value is -3.03. The first-order valence-electron chi connectivity index (χ1n) is 11.0. The van der Waals surface area contributed by atoms with Gasteiger partial charge in [-0.1, -0.05) is 6.07 Å². The quantitative estimate of drug-likeness (QED) is 0.470. The number of nitrogens with zero attached hydrogens (tertiary/aromatic N) is 1. The summed E-state index contributed by atoms with van der Waals surface area (Å²) in [5.41, 5.74) is 10.9. The molecule has 3 aromatic rings. The highest BCUT2D eigenvalue weighted by Gasteiger charge is 2.31. The molecule has 0 aliphatic carbocycles. The van der Waals surface area contributed by atoms with Crippen molar-refractivity contribution in [1.82, 2.24) is 9.88 Å². The van der Waals surface area contributed by atoms with Crippen molar-refractivity contribution in [2.75, 3.05) is 26.0 Å². The van der Waals surface area contributed by atoms with Crippen LogP contribution in [0.25, 0.3) is 10.9 Å². The highest BCUT2D eigenvalue weighted by molar-refractivity contribution is 5.93. The van der Waals surface area contributed by atoms with E-state index in [2.05, 4.69) is 28.9 Å². The second-order valence-corrected chi connectivity index (χ2v) is 8.38. The number of hydrogen-bond donors (Lipinski definition) is 3. The average Bonchev–Trinajstić information content (AvgIpc) is 3.27. The molecule has 4 N–H and O–H groups in total. The molecule has 0 radical (unpaired) electrons. The fourth-order valence-electron chi connectivity index (χ4n) is 4.87. The van der Waals surface area contributed by atoms with E-state index in [0.29, 0.717) is 13.2 Å². The molecular formula is C25H31N3O4. The Kier molecular flexibility index (Phi) is 6.39. The van der Waals surface area contributed by atoms with Gasteiger partial charge in [0.2, 0.25) is 0 Å². The second-order valence-electron chi connectivity index (χ2n) is 8.38. The first kappa shape index (κ1) is 22.2. The lowest BCUT2D eigenvalue weighted by Crippen LogP contribution is -2.39. The van der Waals surface area contributed by atoms with Gasteiger partial charge in [-0.3, -0.25) is 4.90 Å². The molecule has 1 aromatic heterocycles. The largest absolute Gasteiger partial charge is 0.496 e. The standard InChI is InChI=1S/C25H31N3O4/c1-4-32-17-8-10-28(22(13-17)16-5-6-19(25(29)30)21(26)12-16)14-20-18-7-9-27-24(18)15(2)11-23(20)31-3/h5-7,9,11-12,17,22,27H,4,8,10,13-14,26H2,1-3H3,(H,29,30). The topological polar surface area (TPSA) is 101 Å². The van der Waals surface area contributed by atoms with Crippen LogP contribution in [0.4, 0.5) is 5.69 Å². The summed E-state index contributed by atoms with van der Waals surface area (Å²) < 4.78 is 11.7. The zero-order valence-corrected chi connectivity index (χ0v) is 18.9. The first-order chi connectivity index (χ1) is 15.4. The maximum absolute atomic E-state index is 11.4. The molecule has 4 rings (SSSR count). The lowest BCUT2D eigenvalue weighted by molar-refractivity contribution is -0.0138. The zero-order chi connectivity index (χ0) is 22.8. The Labute approximate surface area is 188 Å². The smallest absolute Gasteiger partial charge is 0.337 e. The number of benzene rings is 2. The number of nitrogens with two attached hydrogens (primary N) is 1. The van der Waals surface area contributed by atoms with Crippen LogP contribution in [-0.4, -0.2) is 47.3 Å². The number of aromatic carboxylic acids is 1.